The highest BCUT2D eigenvalue weighted by Gasteiger charge is 2.29. The molecule has 19 heavy (non-hydrogen) atoms. The second-order valence-electron chi connectivity index (χ2n) is 6.56. The molecule has 2 heterocycles. The van der Waals surface area contributed by atoms with Crippen molar-refractivity contribution >= 4 is 0 Å². The van der Waals surface area contributed by atoms with Crippen LogP contribution in [0.2, 0.25) is 0 Å². The number of hydrogen-bond donors (Lipinski definition) is 1. The summed E-state index contributed by atoms with van der Waals surface area (Å²) in [7, 11) is 0. The third-order valence-corrected chi connectivity index (χ3v) is 5.29. The summed E-state index contributed by atoms with van der Waals surface area (Å²) in [6.45, 7) is 7.76. The van der Waals surface area contributed by atoms with Gasteiger partial charge in [0.2, 0.25) is 0 Å². The Hall–Kier alpha value is -0.160. The van der Waals surface area contributed by atoms with Crippen molar-refractivity contribution in [3.63, 3.8) is 0 Å². The smallest absolute Gasteiger partial charge is 0.0510 e. The molecule has 4 heteroatoms. The second-order valence-corrected chi connectivity index (χ2v) is 6.56. The summed E-state index contributed by atoms with van der Waals surface area (Å²) in [6, 6.07) is 1.19. The Morgan fingerprint density at radius 3 is 2.42 bits per heavy atom. The second kappa shape index (κ2) is 6.53. The van der Waals surface area contributed by atoms with E-state index in [2.05, 4.69) is 9.80 Å². The van der Waals surface area contributed by atoms with Crippen molar-refractivity contribution in [2.75, 3.05) is 45.9 Å². The van der Waals surface area contributed by atoms with Gasteiger partial charge >= 0.3 is 0 Å². The Morgan fingerprint density at radius 1 is 1.05 bits per heavy atom. The summed E-state index contributed by atoms with van der Waals surface area (Å²) in [5.41, 5.74) is 6.33. The minimum absolute atomic E-state index is 0.306. The van der Waals surface area contributed by atoms with Crippen LogP contribution in [0.1, 0.15) is 32.1 Å². The fourth-order valence-electron chi connectivity index (χ4n) is 3.92. The van der Waals surface area contributed by atoms with Gasteiger partial charge in [0.1, 0.15) is 0 Å². The lowest BCUT2D eigenvalue weighted by atomic mass is 9.99. The molecule has 1 saturated carbocycles. The predicted octanol–water partition coefficient (Wildman–Crippen LogP) is 0.910. The average molecular weight is 267 g/mol. The summed E-state index contributed by atoms with van der Waals surface area (Å²) in [4.78, 5) is 5.28. The Morgan fingerprint density at radius 2 is 1.79 bits per heavy atom. The van der Waals surface area contributed by atoms with Crippen molar-refractivity contribution in [2.45, 2.75) is 44.2 Å². The Balaban J connectivity index is 1.39. The SMILES string of the molecule is NC(CN1CCN(C2CCCC2)CC1)C1CCOC1. The van der Waals surface area contributed by atoms with E-state index in [1.165, 1.54) is 51.9 Å². The van der Waals surface area contributed by atoms with Gasteiger partial charge in [0, 0.05) is 57.3 Å². The molecule has 0 aromatic heterocycles. The Labute approximate surface area is 117 Å². The molecule has 2 unspecified atom stereocenters. The first kappa shape index (κ1) is 13.8. The molecule has 0 aromatic rings. The molecule has 4 nitrogen and oxygen atoms in total. The van der Waals surface area contributed by atoms with E-state index in [4.69, 9.17) is 10.5 Å². The fourth-order valence-corrected chi connectivity index (χ4v) is 3.92. The van der Waals surface area contributed by atoms with Gasteiger partial charge in [-0.1, -0.05) is 12.8 Å². The zero-order valence-electron chi connectivity index (χ0n) is 12.1. The van der Waals surface area contributed by atoms with Crippen LogP contribution in [0.4, 0.5) is 0 Å². The van der Waals surface area contributed by atoms with Gasteiger partial charge in [-0.25, -0.2) is 0 Å². The average Bonchev–Trinajstić information content (AvgIpc) is 3.13. The molecule has 3 rings (SSSR count). The third-order valence-electron chi connectivity index (χ3n) is 5.29. The molecule has 0 aromatic carbocycles. The monoisotopic (exact) mass is 267 g/mol. The molecule has 2 atom stereocenters. The van der Waals surface area contributed by atoms with Crippen LogP contribution in [0.3, 0.4) is 0 Å². The molecule has 0 spiro atoms. The summed E-state index contributed by atoms with van der Waals surface area (Å²) in [5, 5.41) is 0. The third kappa shape index (κ3) is 3.48. The van der Waals surface area contributed by atoms with E-state index < -0.39 is 0 Å². The first-order chi connectivity index (χ1) is 9.33. The van der Waals surface area contributed by atoms with Crippen molar-refractivity contribution in [3.05, 3.63) is 0 Å². The molecular formula is C15H29N3O. The maximum atomic E-state index is 6.33. The van der Waals surface area contributed by atoms with Crippen molar-refractivity contribution in [3.8, 4) is 0 Å². The number of nitrogens with zero attached hydrogens (tertiary/aromatic N) is 2. The molecule has 0 bridgehead atoms. The summed E-state index contributed by atoms with van der Waals surface area (Å²) in [5.74, 6) is 0.591. The van der Waals surface area contributed by atoms with E-state index >= 15 is 0 Å². The molecule has 1 aliphatic carbocycles. The lowest BCUT2D eigenvalue weighted by Crippen LogP contribution is -2.53. The van der Waals surface area contributed by atoms with Crippen LogP contribution >= 0.6 is 0 Å². The number of piperazine rings is 1. The van der Waals surface area contributed by atoms with Gasteiger partial charge in [-0.2, -0.15) is 0 Å². The first-order valence-corrected chi connectivity index (χ1v) is 8.12. The lowest BCUT2D eigenvalue weighted by molar-refractivity contribution is 0.0880. The Bertz CT molecular complexity index is 267. The minimum Gasteiger partial charge on any atom is -0.381 e. The number of rotatable bonds is 4. The molecule has 3 aliphatic rings. The summed E-state index contributed by atoms with van der Waals surface area (Å²) >= 11 is 0. The summed E-state index contributed by atoms with van der Waals surface area (Å²) < 4.78 is 5.45. The molecule has 2 N–H and O–H groups in total. The first-order valence-electron chi connectivity index (χ1n) is 8.12. The molecular weight excluding hydrogens is 238 g/mol. The van der Waals surface area contributed by atoms with Crippen LogP contribution in [0.15, 0.2) is 0 Å². The molecule has 3 fully saturated rings. The van der Waals surface area contributed by atoms with Crippen molar-refractivity contribution in [1.29, 1.82) is 0 Å². The maximum Gasteiger partial charge on any atom is 0.0510 e. The highest BCUT2D eigenvalue weighted by atomic mass is 16.5. The van der Waals surface area contributed by atoms with E-state index in [1.807, 2.05) is 0 Å². The molecule has 0 amide bonds. The molecule has 0 radical (unpaired) electrons. The highest BCUT2D eigenvalue weighted by Crippen LogP contribution is 2.24. The van der Waals surface area contributed by atoms with Gasteiger partial charge in [-0.15, -0.1) is 0 Å². The molecule has 2 saturated heterocycles. The summed E-state index contributed by atoms with van der Waals surface area (Å²) in [6.07, 6.45) is 6.90. The van der Waals surface area contributed by atoms with Gasteiger partial charge < -0.3 is 10.5 Å². The van der Waals surface area contributed by atoms with Crippen LogP contribution in [0, 0.1) is 5.92 Å². The van der Waals surface area contributed by atoms with Gasteiger partial charge in [-0.05, 0) is 19.3 Å². The number of ether oxygens (including phenoxy) is 1. The normalized spacial score (nSPS) is 33.0. The Kier molecular flexibility index (Phi) is 4.74. The van der Waals surface area contributed by atoms with E-state index in [-0.39, 0.29) is 0 Å². The van der Waals surface area contributed by atoms with Crippen LogP contribution in [-0.4, -0.2) is 67.8 Å². The minimum atomic E-state index is 0.306. The van der Waals surface area contributed by atoms with Crippen molar-refractivity contribution in [2.24, 2.45) is 11.7 Å². The van der Waals surface area contributed by atoms with Gasteiger partial charge in [-0.3, -0.25) is 9.80 Å². The number of nitrogens with two attached hydrogens (primary N) is 1. The van der Waals surface area contributed by atoms with Crippen molar-refractivity contribution in [1.82, 2.24) is 9.80 Å². The van der Waals surface area contributed by atoms with Gasteiger partial charge in [0.25, 0.3) is 0 Å². The van der Waals surface area contributed by atoms with E-state index in [0.29, 0.717) is 12.0 Å². The van der Waals surface area contributed by atoms with E-state index in [9.17, 15) is 0 Å². The van der Waals surface area contributed by atoms with Crippen LogP contribution < -0.4 is 5.73 Å². The lowest BCUT2D eigenvalue weighted by Gasteiger charge is -2.39. The van der Waals surface area contributed by atoms with E-state index in [1.54, 1.807) is 0 Å². The fraction of sp³-hybridized carbons (Fsp3) is 1.00. The van der Waals surface area contributed by atoms with E-state index in [0.717, 1.165) is 32.2 Å². The van der Waals surface area contributed by atoms with Crippen molar-refractivity contribution < 1.29 is 4.74 Å². The largest absolute Gasteiger partial charge is 0.381 e. The van der Waals surface area contributed by atoms with Crippen LogP contribution in [-0.2, 0) is 4.74 Å². The molecule has 110 valence electrons. The quantitative estimate of drug-likeness (QED) is 0.822. The predicted molar refractivity (Wildman–Crippen MR) is 77.2 cm³/mol. The van der Waals surface area contributed by atoms with Crippen LogP contribution in [0.5, 0.6) is 0 Å². The zero-order chi connectivity index (χ0) is 13.1. The van der Waals surface area contributed by atoms with Crippen LogP contribution in [0.25, 0.3) is 0 Å². The standard InChI is InChI=1S/C15H29N3O/c16-15(13-5-10-19-12-13)11-17-6-8-18(9-7-17)14-3-1-2-4-14/h13-15H,1-12,16H2. The molecule has 2 aliphatic heterocycles. The zero-order valence-corrected chi connectivity index (χ0v) is 12.1. The highest BCUT2D eigenvalue weighted by molar-refractivity contribution is 4.85. The topological polar surface area (TPSA) is 41.7 Å². The maximum absolute atomic E-state index is 6.33. The number of hydrogen-bond acceptors (Lipinski definition) is 4. The van der Waals surface area contributed by atoms with Gasteiger partial charge in [0.05, 0.1) is 6.61 Å². The van der Waals surface area contributed by atoms with Gasteiger partial charge in [0.15, 0.2) is 0 Å².